The lowest BCUT2D eigenvalue weighted by atomic mass is 9.76. The van der Waals surface area contributed by atoms with Gasteiger partial charge in [-0.2, -0.15) is 17.4 Å². The van der Waals surface area contributed by atoms with Gasteiger partial charge in [0, 0.05) is 19.1 Å². The molecule has 0 radical (unpaired) electrons. The van der Waals surface area contributed by atoms with Crippen LogP contribution in [-0.4, -0.2) is 43.1 Å². The Morgan fingerprint density at radius 3 is 2.41 bits per heavy atom. The second-order valence-electron chi connectivity index (χ2n) is 6.41. The maximum atomic E-state index is 12.5. The molecule has 1 saturated carbocycles. The van der Waals surface area contributed by atoms with Gasteiger partial charge in [-0.1, -0.05) is 30.3 Å². The van der Waals surface area contributed by atoms with Crippen LogP contribution >= 0.6 is 0 Å². The summed E-state index contributed by atoms with van der Waals surface area (Å²) in [6, 6.07) is 9.79. The quantitative estimate of drug-likeness (QED) is 0.829. The molecular weight excluding hydrogens is 300 g/mol. The van der Waals surface area contributed by atoms with Gasteiger partial charge in [0.05, 0.1) is 6.10 Å². The zero-order valence-corrected chi connectivity index (χ0v) is 13.5. The Hall–Kier alpha value is -0.950. The zero-order valence-electron chi connectivity index (χ0n) is 12.7. The third-order valence-corrected chi connectivity index (χ3v) is 6.37. The SMILES string of the molecule is O=S(=O)(N[C@@H](Cc1ccccc1)C1CC(O)C1)N1CCCC1. The third-order valence-electron chi connectivity index (χ3n) is 4.72. The van der Waals surface area contributed by atoms with E-state index in [2.05, 4.69) is 4.72 Å². The molecule has 0 bridgehead atoms. The molecule has 0 amide bonds. The molecule has 2 N–H and O–H groups in total. The van der Waals surface area contributed by atoms with Crippen molar-refractivity contribution in [3.05, 3.63) is 35.9 Å². The molecule has 1 aliphatic carbocycles. The van der Waals surface area contributed by atoms with Crippen molar-refractivity contribution in [1.82, 2.24) is 9.03 Å². The maximum Gasteiger partial charge on any atom is 0.279 e. The maximum absolute atomic E-state index is 12.5. The van der Waals surface area contributed by atoms with Crippen LogP contribution in [-0.2, 0) is 16.6 Å². The molecule has 1 atom stereocenters. The molecule has 5 nitrogen and oxygen atoms in total. The van der Waals surface area contributed by atoms with Crippen LogP contribution in [0.1, 0.15) is 31.2 Å². The van der Waals surface area contributed by atoms with Crippen LogP contribution in [0.4, 0.5) is 0 Å². The van der Waals surface area contributed by atoms with Crippen LogP contribution in [0, 0.1) is 5.92 Å². The highest BCUT2D eigenvalue weighted by molar-refractivity contribution is 7.87. The molecule has 3 rings (SSSR count). The van der Waals surface area contributed by atoms with Crippen molar-refractivity contribution in [2.24, 2.45) is 5.92 Å². The number of rotatable bonds is 6. The fourth-order valence-electron chi connectivity index (χ4n) is 3.33. The van der Waals surface area contributed by atoms with Gasteiger partial charge in [-0.05, 0) is 43.6 Å². The molecule has 0 spiro atoms. The first-order valence-electron chi connectivity index (χ1n) is 8.04. The summed E-state index contributed by atoms with van der Waals surface area (Å²) < 4.78 is 29.5. The second kappa shape index (κ2) is 6.66. The number of benzene rings is 1. The van der Waals surface area contributed by atoms with Crippen LogP contribution in [0.3, 0.4) is 0 Å². The topological polar surface area (TPSA) is 69.6 Å². The van der Waals surface area contributed by atoms with Gasteiger partial charge in [-0.3, -0.25) is 0 Å². The van der Waals surface area contributed by atoms with E-state index in [-0.39, 0.29) is 18.1 Å². The lowest BCUT2D eigenvalue weighted by molar-refractivity contribution is 0.0281. The second-order valence-corrected chi connectivity index (χ2v) is 8.11. The third kappa shape index (κ3) is 3.68. The summed E-state index contributed by atoms with van der Waals surface area (Å²) in [5.41, 5.74) is 1.12. The van der Waals surface area contributed by atoms with Gasteiger partial charge in [-0.25, -0.2) is 0 Å². The molecule has 0 unspecified atom stereocenters. The Balaban J connectivity index is 1.71. The number of aliphatic hydroxyl groups excluding tert-OH is 1. The van der Waals surface area contributed by atoms with Crippen LogP contribution in [0.15, 0.2) is 30.3 Å². The van der Waals surface area contributed by atoms with Crippen LogP contribution in [0.2, 0.25) is 0 Å². The summed E-state index contributed by atoms with van der Waals surface area (Å²) >= 11 is 0. The molecule has 1 aliphatic heterocycles. The molecule has 1 aromatic carbocycles. The first kappa shape index (κ1) is 15.9. The number of aliphatic hydroxyl groups is 1. The number of nitrogens with zero attached hydrogens (tertiary/aromatic N) is 1. The minimum atomic E-state index is -3.42. The van der Waals surface area contributed by atoms with Crippen molar-refractivity contribution in [2.75, 3.05) is 13.1 Å². The van der Waals surface area contributed by atoms with Crippen LogP contribution < -0.4 is 4.72 Å². The predicted molar refractivity (Wildman–Crippen MR) is 85.5 cm³/mol. The van der Waals surface area contributed by atoms with Crippen molar-refractivity contribution < 1.29 is 13.5 Å². The fourth-order valence-corrected chi connectivity index (χ4v) is 4.87. The van der Waals surface area contributed by atoms with E-state index in [1.54, 1.807) is 4.31 Å². The number of nitrogens with one attached hydrogen (secondary N) is 1. The molecule has 122 valence electrons. The molecule has 6 heteroatoms. The minimum Gasteiger partial charge on any atom is -0.393 e. The Labute approximate surface area is 132 Å². The number of hydrogen-bond acceptors (Lipinski definition) is 3. The van der Waals surface area contributed by atoms with E-state index >= 15 is 0 Å². The van der Waals surface area contributed by atoms with E-state index in [0.717, 1.165) is 18.4 Å². The first-order chi connectivity index (χ1) is 10.5. The van der Waals surface area contributed by atoms with E-state index < -0.39 is 10.2 Å². The summed E-state index contributed by atoms with van der Waals surface area (Å²) in [5, 5.41) is 9.56. The summed E-state index contributed by atoms with van der Waals surface area (Å²) in [4.78, 5) is 0. The molecule has 0 aromatic heterocycles. The summed E-state index contributed by atoms with van der Waals surface area (Å²) in [5.74, 6) is 0.215. The Kier molecular flexibility index (Phi) is 4.82. The minimum absolute atomic E-state index is 0.142. The smallest absolute Gasteiger partial charge is 0.279 e. The Morgan fingerprint density at radius 2 is 1.82 bits per heavy atom. The summed E-state index contributed by atoms with van der Waals surface area (Å²) in [6.07, 6.45) is 3.63. The van der Waals surface area contributed by atoms with Gasteiger partial charge < -0.3 is 5.11 Å². The molecule has 22 heavy (non-hydrogen) atoms. The first-order valence-corrected chi connectivity index (χ1v) is 9.48. The molecule has 1 saturated heterocycles. The zero-order chi connectivity index (χ0) is 15.6. The highest BCUT2D eigenvalue weighted by Crippen LogP contribution is 2.32. The van der Waals surface area contributed by atoms with E-state index in [4.69, 9.17) is 0 Å². The number of hydrogen-bond donors (Lipinski definition) is 2. The average Bonchev–Trinajstić information content (AvgIpc) is 2.99. The van der Waals surface area contributed by atoms with Crippen molar-refractivity contribution >= 4 is 10.2 Å². The Bertz CT molecular complexity index is 579. The lowest BCUT2D eigenvalue weighted by Gasteiger charge is -2.38. The van der Waals surface area contributed by atoms with Gasteiger partial charge in [0.1, 0.15) is 0 Å². The molecule has 1 aromatic rings. The van der Waals surface area contributed by atoms with Crippen molar-refractivity contribution in [3.8, 4) is 0 Å². The van der Waals surface area contributed by atoms with E-state index in [0.29, 0.717) is 32.4 Å². The van der Waals surface area contributed by atoms with Crippen molar-refractivity contribution in [1.29, 1.82) is 0 Å². The average molecular weight is 324 g/mol. The Morgan fingerprint density at radius 1 is 1.18 bits per heavy atom. The highest BCUT2D eigenvalue weighted by atomic mass is 32.2. The standard InChI is InChI=1S/C16H24N2O3S/c19-15-11-14(12-15)16(10-13-6-2-1-3-7-13)17-22(20,21)18-8-4-5-9-18/h1-3,6-7,14-17,19H,4-5,8-12H2/t14?,15?,16-/m0/s1. The fraction of sp³-hybridized carbons (Fsp3) is 0.625. The normalized spacial score (nSPS) is 27.5. The monoisotopic (exact) mass is 324 g/mol. The van der Waals surface area contributed by atoms with Gasteiger partial charge in [0.15, 0.2) is 0 Å². The predicted octanol–water partition coefficient (Wildman–Crippen LogP) is 1.30. The van der Waals surface area contributed by atoms with E-state index in [9.17, 15) is 13.5 Å². The van der Waals surface area contributed by atoms with Crippen molar-refractivity contribution in [3.63, 3.8) is 0 Å². The van der Waals surface area contributed by atoms with Gasteiger partial charge in [-0.15, -0.1) is 0 Å². The molecule has 2 aliphatic rings. The largest absolute Gasteiger partial charge is 0.393 e. The van der Waals surface area contributed by atoms with E-state index in [1.807, 2.05) is 30.3 Å². The lowest BCUT2D eigenvalue weighted by Crippen LogP contribution is -2.51. The summed E-state index contributed by atoms with van der Waals surface area (Å²) in [7, 11) is -3.42. The summed E-state index contributed by atoms with van der Waals surface area (Å²) in [6.45, 7) is 1.22. The van der Waals surface area contributed by atoms with Crippen molar-refractivity contribution in [2.45, 2.75) is 44.2 Å². The van der Waals surface area contributed by atoms with Gasteiger partial charge >= 0.3 is 0 Å². The molecule has 1 heterocycles. The van der Waals surface area contributed by atoms with Crippen LogP contribution in [0.5, 0.6) is 0 Å². The molecular formula is C16H24N2O3S. The van der Waals surface area contributed by atoms with Crippen LogP contribution in [0.25, 0.3) is 0 Å². The van der Waals surface area contributed by atoms with E-state index in [1.165, 1.54) is 0 Å². The highest BCUT2D eigenvalue weighted by Gasteiger charge is 2.37. The van der Waals surface area contributed by atoms with Gasteiger partial charge in [0.25, 0.3) is 10.2 Å². The van der Waals surface area contributed by atoms with Gasteiger partial charge in [0.2, 0.25) is 0 Å². The molecule has 2 fully saturated rings.